The van der Waals surface area contributed by atoms with Crippen molar-refractivity contribution in [2.24, 2.45) is 0 Å². The van der Waals surface area contributed by atoms with Gasteiger partial charge in [0.15, 0.2) is 5.65 Å². The van der Waals surface area contributed by atoms with Crippen LogP contribution in [0.15, 0.2) is 41.8 Å². The Morgan fingerprint density at radius 1 is 1.25 bits per heavy atom. The molecule has 1 unspecified atom stereocenters. The van der Waals surface area contributed by atoms with Crippen LogP contribution in [0, 0.1) is 13.8 Å². The Kier molecular flexibility index (Phi) is 5.93. The van der Waals surface area contributed by atoms with E-state index in [0.717, 1.165) is 52.9 Å². The van der Waals surface area contributed by atoms with Gasteiger partial charge in [-0.25, -0.2) is 9.50 Å². The van der Waals surface area contributed by atoms with Gasteiger partial charge in [-0.3, -0.25) is 4.79 Å². The maximum absolute atomic E-state index is 13.3. The van der Waals surface area contributed by atoms with E-state index in [1.807, 2.05) is 40.6 Å². The number of carbonyl (C=O) groups is 1. The van der Waals surface area contributed by atoms with Gasteiger partial charge in [0.05, 0.1) is 18.2 Å². The minimum atomic E-state index is 0.150. The van der Waals surface area contributed by atoms with Crippen molar-refractivity contribution in [2.45, 2.75) is 52.2 Å². The molecule has 7 heteroatoms. The van der Waals surface area contributed by atoms with E-state index in [4.69, 9.17) is 14.8 Å². The largest absolute Gasteiger partial charge is 0.376 e. The third kappa shape index (κ3) is 4.14. The Labute approximate surface area is 191 Å². The topological polar surface area (TPSA) is 59.7 Å². The molecule has 1 aliphatic heterocycles. The SMILES string of the molecule is Cc1nc2c3ccccc3nn2c(C)c1CCC(=O)N(Cc1cccs1)CC1CCCO1. The maximum Gasteiger partial charge on any atom is 0.223 e. The summed E-state index contributed by atoms with van der Waals surface area (Å²) < 4.78 is 7.74. The molecule has 1 atom stereocenters. The van der Waals surface area contributed by atoms with Crippen LogP contribution in [0.2, 0.25) is 0 Å². The average molecular weight is 449 g/mol. The summed E-state index contributed by atoms with van der Waals surface area (Å²) in [5, 5.41) is 7.86. The molecule has 4 aromatic rings. The summed E-state index contributed by atoms with van der Waals surface area (Å²) >= 11 is 1.69. The highest BCUT2D eigenvalue weighted by Gasteiger charge is 2.24. The number of aryl methyl sites for hydroxylation is 2. The number of benzene rings is 1. The van der Waals surface area contributed by atoms with E-state index in [1.165, 1.54) is 4.88 Å². The Morgan fingerprint density at radius 3 is 2.91 bits per heavy atom. The fourth-order valence-electron chi connectivity index (χ4n) is 4.61. The second-order valence-corrected chi connectivity index (χ2v) is 9.53. The third-order valence-electron chi connectivity index (χ3n) is 6.33. The summed E-state index contributed by atoms with van der Waals surface area (Å²) in [5.41, 5.74) is 4.95. The number of amides is 1. The van der Waals surface area contributed by atoms with Gasteiger partial charge in [0.1, 0.15) is 0 Å². The van der Waals surface area contributed by atoms with E-state index >= 15 is 0 Å². The van der Waals surface area contributed by atoms with Crippen molar-refractivity contribution < 1.29 is 9.53 Å². The quantitative estimate of drug-likeness (QED) is 0.411. The highest BCUT2D eigenvalue weighted by Crippen LogP contribution is 2.24. The number of nitrogens with zero attached hydrogens (tertiary/aromatic N) is 4. The van der Waals surface area contributed by atoms with E-state index in [9.17, 15) is 4.79 Å². The van der Waals surface area contributed by atoms with Crippen LogP contribution < -0.4 is 0 Å². The molecule has 3 aromatic heterocycles. The van der Waals surface area contributed by atoms with Crippen molar-refractivity contribution in [1.82, 2.24) is 19.5 Å². The molecule has 4 heterocycles. The predicted molar refractivity (Wildman–Crippen MR) is 127 cm³/mol. The Bertz CT molecular complexity index is 1240. The van der Waals surface area contributed by atoms with E-state index in [1.54, 1.807) is 11.3 Å². The van der Waals surface area contributed by atoms with Gasteiger partial charge in [-0.15, -0.1) is 11.3 Å². The number of hydrogen-bond acceptors (Lipinski definition) is 5. The van der Waals surface area contributed by atoms with Crippen LogP contribution >= 0.6 is 11.3 Å². The Morgan fingerprint density at radius 2 is 2.12 bits per heavy atom. The lowest BCUT2D eigenvalue weighted by Gasteiger charge is -2.25. The van der Waals surface area contributed by atoms with Crippen LogP contribution in [-0.4, -0.2) is 44.7 Å². The summed E-state index contributed by atoms with van der Waals surface area (Å²) in [6, 6.07) is 12.2. The van der Waals surface area contributed by atoms with E-state index in [2.05, 4.69) is 24.4 Å². The van der Waals surface area contributed by atoms with Gasteiger partial charge in [-0.05, 0) is 62.3 Å². The molecule has 1 saturated heterocycles. The number of carbonyl (C=O) groups excluding carboxylic acids is 1. The number of aromatic nitrogens is 3. The zero-order valence-corrected chi connectivity index (χ0v) is 19.4. The molecule has 1 fully saturated rings. The smallest absolute Gasteiger partial charge is 0.223 e. The van der Waals surface area contributed by atoms with Crippen LogP contribution in [0.3, 0.4) is 0 Å². The molecule has 0 spiro atoms. The minimum Gasteiger partial charge on any atom is -0.376 e. The Hall–Kier alpha value is -2.77. The zero-order valence-electron chi connectivity index (χ0n) is 18.6. The molecule has 1 aliphatic rings. The molecule has 0 aliphatic carbocycles. The molecule has 0 bridgehead atoms. The standard InChI is InChI=1S/C25H28N4O2S/c1-17-21(18(2)29-25(26-17)22-9-3-4-10-23(22)27-29)11-12-24(30)28(15-19-7-5-13-31-19)16-20-8-6-14-32-20/h3-4,6,8-10,14,19H,5,7,11-13,15-16H2,1-2H3. The second-order valence-electron chi connectivity index (χ2n) is 8.50. The molecule has 1 amide bonds. The van der Waals surface area contributed by atoms with Crippen LogP contribution in [0.4, 0.5) is 0 Å². The fourth-order valence-corrected chi connectivity index (χ4v) is 5.33. The maximum atomic E-state index is 13.3. The van der Waals surface area contributed by atoms with Gasteiger partial charge in [0, 0.05) is 41.2 Å². The molecule has 5 rings (SSSR count). The number of thiophene rings is 1. The summed E-state index contributed by atoms with van der Waals surface area (Å²) in [6.07, 6.45) is 3.36. The van der Waals surface area contributed by atoms with E-state index in [0.29, 0.717) is 25.9 Å². The molecular formula is C25H28N4O2S. The normalized spacial score (nSPS) is 16.2. The van der Waals surface area contributed by atoms with E-state index < -0.39 is 0 Å². The molecule has 6 nitrogen and oxygen atoms in total. The molecule has 0 radical (unpaired) electrons. The lowest BCUT2D eigenvalue weighted by Crippen LogP contribution is -2.37. The molecule has 166 valence electrons. The van der Waals surface area contributed by atoms with E-state index in [-0.39, 0.29) is 12.0 Å². The number of hydrogen-bond donors (Lipinski definition) is 0. The number of rotatable bonds is 7. The van der Waals surface area contributed by atoms with Gasteiger partial charge >= 0.3 is 0 Å². The van der Waals surface area contributed by atoms with Gasteiger partial charge in [0.25, 0.3) is 0 Å². The molecule has 32 heavy (non-hydrogen) atoms. The molecule has 1 aromatic carbocycles. The molecule has 0 saturated carbocycles. The van der Waals surface area contributed by atoms with Crippen molar-refractivity contribution in [3.63, 3.8) is 0 Å². The van der Waals surface area contributed by atoms with Crippen molar-refractivity contribution >= 4 is 33.8 Å². The van der Waals surface area contributed by atoms with Gasteiger partial charge in [-0.2, -0.15) is 5.10 Å². The van der Waals surface area contributed by atoms with Crippen LogP contribution in [-0.2, 0) is 22.5 Å². The average Bonchev–Trinajstić information content (AvgIpc) is 3.55. The predicted octanol–water partition coefficient (Wildman–Crippen LogP) is 4.70. The first-order chi connectivity index (χ1) is 15.6. The van der Waals surface area contributed by atoms with Crippen molar-refractivity contribution in [3.05, 3.63) is 63.6 Å². The monoisotopic (exact) mass is 448 g/mol. The first kappa shape index (κ1) is 21.1. The van der Waals surface area contributed by atoms with Crippen LogP contribution in [0.5, 0.6) is 0 Å². The number of fused-ring (bicyclic) bond motifs is 3. The van der Waals surface area contributed by atoms with Crippen LogP contribution in [0.1, 0.15) is 41.1 Å². The summed E-state index contributed by atoms with van der Waals surface area (Å²) in [4.78, 5) is 21.3. The summed E-state index contributed by atoms with van der Waals surface area (Å²) in [6.45, 7) is 6.22. The van der Waals surface area contributed by atoms with Crippen molar-refractivity contribution in [1.29, 1.82) is 0 Å². The van der Waals surface area contributed by atoms with Crippen molar-refractivity contribution in [3.8, 4) is 0 Å². The van der Waals surface area contributed by atoms with Crippen LogP contribution in [0.25, 0.3) is 16.6 Å². The van der Waals surface area contributed by atoms with Gasteiger partial charge in [0.2, 0.25) is 5.91 Å². The lowest BCUT2D eigenvalue weighted by atomic mass is 10.1. The highest BCUT2D eigenvalue weighted by atomic mass is 32.1. The van der Waals surface area contributed by atoms with Crippen molar-refractivity contribution in [2.75, 3.05) is 13.2 Å². The first-order valence-corrected chi connectivity index (χ1v) is 12.1. The summed E-state index contributed by atoms with van der Waals surface area (Å²) in [5.74, 6) is 0.165. The molecular weight excluding hydrogens is 420 g/mol. The first-order valence-electron chi connectivity index (χ1n) is 11.3. The zero-order chi connectivity index (χ0) is 22.1. The Balaban J connectivity index is 1.36. The highest BCUT2D eigenvalue weighted by molar-refractivity contribution is 7.09. The fraction of sp³-hybridized carbons (Fsp3) is 0.400. The minimum absolute atomic E-state index is 0.150. The number of ether oxygens (including phenoxy) is 1. The lowest BCUT2D eigenvalue weighted by molar-refractivity contribution is -0.133. The summed E-state index contributed by atoms with van der Waals surface area (Å²) in [7, 11) is 0. The van der Waals surface area contributed by atoms with Gasteiger partial charge < -0.3 is 9.64 Å². The third-order valence-corrected chi connectivity index (χ3v) is 7.20. The van der Waals surface area contributed by atoms with Gasteiger partial charge in [-0.1, -0.05) is 18.2 Å². The molecule has 0 N–H and O–H groups in total. The second kappa shape index (κ2) is 9.00.